The molecule has 0 aliphatic heterocycles. The van der Waals surface area contributed by atoms with Gasteiger partial charge in [-0.25, -0.2) is 4.79 Å². The predicted octanol–water partition coefficient (Wildman–Crippen LogP) is 0.744. The lowest BCUT2D eigenvalue weighted by Crippen LogP contribution is -2.06. The zero-order valence-electron chi connectivity index (χ0n) is 7.61. The molecular weight excluding hydrogens is 172 g/mol. The van der Waals surface area contributed by atoms with Gasteiger partial charge in [-0.15, -0.1) is 0 Å². The fraction of sp³-hybridized carbons (Fsp3) is 0.444. The first-order chi connectivity index (χ1) is 6.19. The summed E-state index contributed by atoms with van der Waals surface area (Å²) in [5, 5.41) is 8.90. The zero-order chi connectivity index (χ0) is 9.84. The molecule has 0 bridgehead atoms. The van der Waals surface area contributed by atoms with Crippen LogP contribution in [0.1, 0.15) is 18.4 Å². The standard InChI is InChI=1S/C9H12O4/c1-6(4-10)7-5-13-9(11)3-8(7)12-2/h3,5-6,10H,4H2,1-2H3. The Labute approximate surface area is 75.8 Å². The van der Waals surface area contributed by atoms with Crippen LogP contribution in [0.4, 0.5) is 0 Å². The van der Waals surface area contributed by atoms with Crippen LogP contribution in [0.3, 0.4) is 0 Å². The van der Waals surface area contributed by atoms with Gasteiger partial charge in [0.25, 0.3) is 0 Å². The van der Waals surface area contributed by atoms with E-state index < -0.39 is 5.63 Å². The molecule has 0 aliphatic carbocycles. The first-order valence-electron chi connectivity index (χ1n) is 3.96. The Morgan fingerprint density at radius 3 is 2.92 bits per heavy atom. The van der Waals surface area contributed by atoms with E-state index >= 15 is 0 Å². The van der Waals surface area contributed by atoms with Gasteiger partial charge >= 0.3 is 5.63 Å². The Morgan fingerprint density at radius 1 is 1.69 bits per heavy atom. The largest absolute Gasteiger partial charge is 0.496 e. The third kappa shape index (κ3) is 2.09. The van der Waals surface area contributed by atoms with E-state index in [4.69, 9.17) is 9.84 Å². The first kappa shape index (κ1) is 9.80. The average Bonchev–Trinajstić information content (AvgIpc) is 2.16. The van der Waals surface area contributed by atoms with Crippen molar-refractivity contribution in [1.29, 1.82) is 0 Å². The molecule has 0 spiro atoms. The smallest absolute Gasteiger partial charge is 0.339 e. The molecule has 0 saturated heterocycles. The van der Waals surface area contributed by atoms with E-state index in [0.29, 0.717) is 11.3 Å². The molecule has 13 heavy (non-hydrogen) atoms. The summed E-state index contributed by atoms with van der Waals surface area (Å²) in [5.41, 5.74) is 0.246. The van der Waals surface area contributed by atoms with Crippen LogP contribution in [0.25, 0.3) is 0 Å². The van der Waals surface area contributed by atoms with Gasteiger partial charge in [-0.2, -0.15) is 0 Å². The summed E-state index contributed by atoms with van der Waals surface area (Å²) in [5.74, 6) is 0.358. The molecule has 1 heterocycles. The van der Waals surface area contributed by atoms with E-state index in [1.165, 1.54) is 19.4 Å². The van der Waals surface area contributed by atoms with Crippen molar-refractivity contribution in [3.05, 3.63) is 28.3 Å². The van der Waals surface area contributed by atoms with Crippen molar-refractivity contribution in [1.82, 2.24) is 0 Å². The van der Waals surface area contributed by atoms with Gasteiger partial charge in [0.15, 0.2) is 0 Å². The second-order valence-electron chi connectivity index (χ2n) is 2.81. The molecule has 1 atom stereocenters. The van der Waals surface area contributed by atoms with Crippen LogP contribution in [-0.4, -0.2) is 18.8 Å². The maximum atomic E-state index is 10.8. The van der Waals surface area contributed by atoms with E-state index in [2.05, 4.69) is 4.42 Å². The Morgan fingerprint density at radius 2 is 2.38 bits per heavy atom. The maximum absolute atomic E-state index is 10.8. The summed E-state index contributed by atoms with van der Waals surface area (Å²) < 4.78 is 9.66. The molecule has 4 heteroatoms. The highest BCUT2D eigenvalue weighted by atomic mass is 16.5. The molecule has 1 unspecified atom stereocenters. The lowest BCUT2D eigenvalue weighted by molar-refractivity contribution is 0.267. The number of methoxy groups -OCH3 is 1. The molecule has 0 fully saturated rings. The number of rotatable bonds is 3. The third-order valence-electron chi connectivity index (χ3n) is 1.86. The summed E-state index contributed by atoms with van der Waals surface area (Å²) in [6.45, 7) is 1.81. The second-order valence-corrected chi connectivity index (χ2v) is 2.81. The fourth-order valence-corrected chi connectivity index (χ4v) is 1.04. The van der Waals surface area contributed by atoms with Crippen molar-refractivity contribution in [2.75, 3.05) is 13.7 Å². The van der Waals surface area contributed by atoms with Crippen molar-refractivity contribution in [2.45, 2.75) is 12.8 Å². The molecule has 72 valence electrons. The molecule has 1 N–H and O–H groups in total. The SMILES string of the molecule is COc1cc(=O)occ1C(C)CO. The zero-order valence-corrected chi connectivity index (χ0v) is 7.61. The minimum atomic E-state index is -0.453. The van der Waals surface area contributed by atoms with Gasteiger partial charge < -0.3 is 14.3 Å². The third-order valence-corrected chi connectivity index (χ3v) is 1.86. The minimum Gasteiger partial charge on any atom is -0.496 e. The number of ether oxygens (including phenoxy) is 1. The molecule has 0 aromatic carbocycles. The van der Waals surface area contributed by atoms with Crippen LogP contribution >= 0.6 is 0 Å². The molecule has 0 amide bonds. The van der Waals surface area contributed by atoms with E-state index in [1.807, 2.05) is 6.92 Å². The number of hydrogen-bond acceptors (Lipinski definition) is 4. The fourth-order valence-electron chi connectivity index (χ4n) is 1.04. The van der Waals surface area contributed by atoms with Gasteiger partial charge in [0.05, 0.1) is 13.2 Å². The van der Waals surface area contributed by atoms with Gasteiger partial charge in [0.1, 0.15) is 12.0 Å². The van der Waals surface area contributed by atoms with Gasteiger partial charge in [0.2, 0.25) is 0 Å². The Hall–Kier alpha value is -1.29. The van der Waals surface area contributed by atoms with E-state index in [0.717, 1.165) is 0 Å². The second kappa shape index (κ2) is 4.09. The first-order valence-corrected chi connectivity index (χ1v) is 3.96. The predicted molar refractivity (Wildman–Crippen MR) is 47.0 cm³/mol. The molecule has 0 radical (unpaired) electrons. The van der Waals surface area contributed by atoms with Crippen LogP contribution in [0, 0.1) is 0 Å². The average molecular weight is 184 g/mol. The highest BCUT2D eigenvalue weighted by Crippen LogP contribution is 2.23. The minimum absolute atomic E-state index is 0.00984. The van der Waals surface area contributed by atoms with Crippen LogP contribution in [-0.2, 0) is 0 Å². The lowest BCUT2D eigenvalue weighted by Gasteiger charge is -2.10. The monoisotopic (exact) mass is 184 g/mol. The summed E-state index contributed by atoms with van der Waals surface area (Å²) in [6.07, 6.45) is 1.32. The Balaban J connectivity index is 3.13. The quantitative estimate of drug-likeness (QED) is 0.752. The molecule has 1 aromatic heterocycles. The molecule has 0 saturated carbocycles. The molecular formula is C9H12O4. The van der Waals surface area contributed by atoms with Crippen LogP contribution < -0.4 is 10.4 Å². The normalized spacial score (nSPS) is 12.5. The van der Waals surface area contributed by atoms with Gasteiger partial charge in [0, 0.05) is 18.1 Å². The van der Waals surface area contributed by atoms with E-state index in [9.17, 15) is 4.79 Å². The summed E-state index contributed by atoms with van der Waals surface area (Å²) in [7, 11) is 1.47. The van der Waals surface area contributed by atoms with Crippen LogP contribution in [0.2, 0.25) is 0 Å². The van der Waals surface area contributed by atoms with Gasteiger partial charge in [-0.3, -0.25) is 0 Å². The maximum Gasteiger partial charge on any atom is 0.339 e. The Bertz CT molecular complexity index is 329. The molecule has 1 rings (SSSR count). The highest BCUT2D eigenvalue weighted by Gasteiger charge is 2.11. The van der Waals surface area contributed by atoms with Gasteiger partial charge in [-0.05, 0) is 0 Å². The van der Waals surface area contributed by atoms with Crippen LogP contribution in [0.15, 0.2) is 21.5 Å². The Kier molecular flexibility index (Phi) is 3.08. The number of aliphatic hydroxyl groups excluding tert-OH is 1. The van der Waals surface area contributed by atoms with Crippen molar-refractivity contribution in [2.24, 2.45) is 0 Å². The molecule has 4 nitrogen and oxygen atoms in total. The summed E-state index contributed by atoms with van der Waals surface area (Å²) in [6, 6.07) is 1.27. The van der Waals surface area contributed by atoms with Crippen molar-refractivity contribution in [3.8, 4) is 5.75 Å². The highest BCUT2D eigenvalue weighted by molar-refractivity contribution is 5.31. The number of hydrogen-bond donors (Lipinski definition) is 1. The van der Waals surface area contributed by atoms with Crippen LogP contribution in [0.5, 0.6) is 5.75 Å². The molecule has 0 aliphatic rings. The summed E-state index contributed by atoms with van der Waals surface area (Å²) >= 11 is 0. The lowest BCUT2D eigenvalue weighted by atomic mass is 10.0. The van der Waals surface area contributed by atoms with Crippen molar-refractivity contribution < 1.29 is 14.3 Å². The van der Waals surface area contributed by atoms with Crippen molar-refractivity contribution in [3.63, 3.8) is 0 Å². The molecule has 1 aromatic rings. The number of aliphatic hydroxyl groups is 1. The van der Waals surface area contributed by atoms with E-state index in [-0.39, 0.29) is 12.5 Å². The van der Waals surface area contributed by atoms with Crippen molar-refractivity contribution >= 4 is 0 Å². The van der Waals surface area contributed by atoms with Gasteiger partial charge in [-0.1, -0.05) is 6.92 Å². The summed E-state index contributed by atoms with van der Waals surface area (Å²) in [4.78, 5) is 10.8. The topological polar surface area (TPSA) is 59.7 Å². The van der Waals surface area contributed by atoms with E-state index in [1.54, 1.807) is 0 Å².